The first-order valence-electron chi connectivity index (χ1n) is 5.41. The number of halogens is 1. The fourth-order valence-electron chi connectivity index (χ4n) is 1.24. The van der Waals surface area contributed by atoms with E-state index in [1.807, 2.05) is 0 Å². The molecule has 1 aromatic carbocycles. The number of ether oxygens (including phenoxy) is 4. The summed E-state index contributed by atoms with van der Waals surface area (Å²) in [6, 6.07) is 3.44. The van der Waals surface area contributed by atoms with Crippen LogP contribution in [0.15, 0.2) is 30.0 Å². The van der Waals surface area contributed by atoms with E-state index < -0.39 is 23.5 Å². The number of methoxy groups -OCH3 is 3. The molecular weight excluding hydrogens is 271 g/mol. The van der Waals surface area contributed by atoms with E-state index in [1.54, 1.807) is 0 Å². The summed E-state index contributed by atoms with van der Waals surface area (Å²) in [4.78, 5) is 22.7. The molecule has 0 bridgehead atoms. The molecule has 1 aromatic rings. The highest BCUT2D eigenvalue weighted by Crippen LogP contribution is 2.29. The first-order valence-corrected chi connectivity index (χ1v) is 5.41. The van der Waals surface area contributed by atoms with E-state index in [4.69, 9.17) is 9.47 Å². The van der Waals surface area contributed by atoms with Gasteiger partial charge in [-0.2, -0.15) is 0 Å². The number of rotatable bonds is 5. The topological polar surface area (TPSA) is 71.1 Å². The van der Waals surface area contributed by atoms with Crippen molar-refractivity contribution in [2.24, 2.45) is 0 Å². The maximum absolute atomic E-state index is 13.0. The zero-order valence-electron chi connectivity index (χ0n) is 11.1. The Morgan fingerprint density at radius 1 is 1.10 bits per heavy atom. The summed E-state index contributed by atoms with van der Waals surface area (Å²) in [5.74, 6) is -2.53. The van der Waals surface area contributed by atoms with E-state index >= 15 is 0 Å². The van der Waals surface area contributed by atoms with Gasteiger partial charge in [0.05, 0.1) is 27.4 Å². The van der Waals surface area contributed by atoms with Crippen molar-refractivity contribution >= 4 is 11.9 Å². The highest BCUT2D eigenvalue weighted by Gasteiger charge is 2.17. The normalized spacial score (nSPS) is 10.7. The Hall–Kier alpha value is -2.57. The van der Waals surface area contributed by atoms with Gasteiger partial charge in [0.15, 0.2) is 11.5 Å². The Labute approximate surface area is 114 Å². The minimum Gasteiger partial charge on any atom is -0.493 e. The molecule has 0 unspecified atom stereocenters. The number of hydrogen-bond acceptors (Lipinski definition) is 6. The third-order valence-corrected chi connectivity index (χ3v) is 2.18. The number of carbonyl (C=O) groups is 2. The molecule has 0 atom stereocenters. The van der Waals surface area contributed by atoms with Gasteiger partial charge in [0, 0.05) is 6.07 Å². The molecule has 0 fully saturated rings. The van der Waals surface area contributed by atoms with Crippen molar-refractivity contribution in [2.45, 2.75) is 0 Å². The van der Waals surface area contributed by atoms with Crippen LogP contribution in [0.4, 0.5) is 4.39 Å². The van der Waals surface area contributed by atoms with Crippen LogP contribution in [0, 0.1) is 5.82 Å². The highest BCUT2D eigenvalue weighted by molar-refractivity contribution is 5.95. The van der Waals surface area contributed by atoms with Gasteiger partial charge in [-0.25, -0.2) is 14.0 Å². The molecule has 1 rings (SSSR count). The predicted octanol–water partition coefficient (Wildman–Crippen LogP) is 1.44. The second kappa shape index (κ2) is 7.13. The smallest absolute Gasteiger partial charge is 0.374 e. The van der Waals surface area contributed by atoms with Gasteiger partial charge in [-0.3, -0.25) is 0 Å². The third kappa shape index (κ3) is 3.98. The molecule has 0 radical (unpaired) electrons. The maximum Gasteiger partial charge on any atom is 0.374 e. The number of esters is 2. The summed E-state index contributed by atoms with van der Waals surface area (Å²) in [7, 11) is 3.58. The van der Waals surface area contributed by atoms with E-state index in [-0.39, 0.29) is 11.5 Å². The van der Waals surface area contributed by atoms with Gasteiger partial charge in [-0.05, 0) is 12.1 Å². The Balaban J connectivity index is 3.10. The molecule has 0 amide bonds. The first-order chi connectivity index (χ1) is 9.51. The van der Waals surface area contributed by atoms with Crippen LogP contribution in [-0.4, -0.2) is 33.3 Å². The van der Waals surface area contributed by atoms with Crippen LogP contribution in [0.2, 0.25) is 0 Å². The standard InChI is InChI=1S/C13H13FO6/c1-17-10-6-8(14)4-5-9(10)20-11(13(16)19-3)7-12(15)18-2/h4-7H,1-3H3/b11-7+. The van der Waals surface area contributed by atoms with Crippen LogP contribution in [0.25, 0.3) is 0 Å². The summed E-state index contributed by atoms with van der Waals surface area (Å²) in [6.45, 7) is 0. The average molecular weight is 284 g/mol. The van der Waals surface area contributed by atoms with Gasteiger partial charge in [0.25, 0.3) is 0 Å². The molecule has 0 spiro atoms. The average Bonchev–Trinajstić information content (AvgIpc) is 2.46. The minimum absolute atomic E-state index is 0.0504. The zero-order valence-corrected chi connectivity index (χ0v) is 11.1. The Kier molecular flexibility index (Phi) is 5.52. The van der Waals surface area contributed by atoms with E-state index in [9.17, 15) is 14.0 Å². The van der Waals surface area contributed by atoms with E-state index in [0.717, 1.165) is 32.4 Å². The van der Waals surface area contributed by atoms with Crippen molar-refractivity contribution in [3.05, 3.63) is 35.9 Å². The summed E-state index contributed by atoms with van der Waals surface area (Å²) in [5, 5.41) is 0. The van der Waals surface area contributed by atoms with E-state index in [0.29, 0.717) is 0 Å². The molecule has 0 aliphatic carbocycles. The highest BCUT2D eigenvalue weighted by atomic mass is 19.1. The molecule has 6 nitrogen and oxygen atoms in total. The molecule has 0 saturated carbocycles. The zero-order chi connectivity index (χ0) is 15.1. The van der Waals surface area contributed by atoms with Gasteiger partial charge in [-0.15, -0.1) is 0 Å². The van der Waals surface area contributed by atoms with Crippen LogP contribution in [0.5, 0.6) is 11.5 Å². The Morgan fingerprint density at radius 3 is 2.35 bits per heavy atom. The van der Waals surface area contributed by atoms with Crippen LogP contribution < -0.4 is 9.47 Å². The Morgan fingerprint density at radius 2 is 1.80 bits per heavy atom. The summed E-state index contributed by atoms with van der Waals surface area (Å²) in [5.41, 5.74) is 0. The van der Waals surface area contributed by atoms with Crippen LogP contribution >= 0.6 is 0 Å². The third-order valence-electron chi connectivity index (χ3n) is 2.18. The van der Waals surface area contributed by atoms with Crippen molar-refractivity contribution in [3.8, 4) is 11.5 Å². The monoisotopic (exact) mass is 284 g/mol. The van der Waals surface area contributed by atoms with Crippen molar-refractivity contribution in [2.75, 3.05) is 21.3 Å². The molecule has 0 heterocycles. The molecule has 0 N–H and O–H groups in total. The van der Waals surface area contributed by atoms with Crippen molar-refractivity contribution in [1.82, 2.24) is 0 Å². The molecular formula is C13H13FO6. The fourth-order valence-corrected chi connectivity index (χ4v) is 1.24. The second-order valence-corrected chi connectivity index (χ2v) is 3.42. The van der Waals surface area contributed by atoms with Crippen molar-refractivity contribution in [1.29, 1.82) is 0 Å². The molecule has 108 valence electrons. The van der Waals surface area contributed by atoms with Gasteiger partial charge in [0.1, 0.15) is 5.82 Å². The van der Waals surface area contributed by atoms with E-state index in [1.165, 1.54) is 13.2 Å². The molecule has 0 aromatic heterocycles. The van der Waals surface area contributed by atoms with Gasteiger partial charge in [-0.1, -0.05) is 0 Å². The van der Waals surface area contributed by atoms with Crippen LogP contribution in [0.1, 0.15) is 0 Å². The predicted molar refractivity (Wildman–Crippen MR) is 65.7 cm³/mol. The van der Waals surface area contributed by atoms with Crippen molar-refractivity contribution < 1.29 is 32.9 Å². The lowest BCUT2D eigenvalue weighted by molar-refractivity contribution is -0.140. The summed E-state index contributed by atoms with van der Waals surface area (Å²) in [6.07, 6.45) is 0.814. The van der Waals surface area contributed by atoms with Crippen LogP contribution in [-0.2, 0) is 19.1 Å². The van der Waals surface area contributed by atoms with Gasteiger partial charge < -0.3 is 18.9 Å². The quantitative estimate of drug-likeness (QED) is 0.463. The molecule has 0 saturated heterocycles. The number of carbonyl (C=O) groups excluding carboxylic acids is 2. The van der Waals surface area contributed by atoms with Crippen LogP contribution in [0.3, 0.4) is 0 Å². The lowest BCUT2D eigenvalue weighted by atomic mass is 10.3. The largest absolute Gasteiger partial charge is 0.493 e. The summed E-state index contributed by atoms with van der Waals surface area (Å²) < 4.78 is 32.0. The molecule has 7 heteroatoms. The number of benzene rings is 1. The number of hydrogen-bond donors (Lipinski definition) is 0. The first kappa shape index (κ1) is 15.5. The van der Waals surface area contributed by atoms with Gasteiger partial charge in [0.2, 0.25) is 5.76 Å². The Bertz CT molecular complexity index is 538. The van der Waals surface area contributed by atoms with Crippen molar-refractivity contribution in [3.63, 3.8) is 0 Å². The fraction of sp³-hybridized carbons (Fsp3) is 0.231. The van der Waals surface area contributed by atoms with Gasteiger partial charge >= 0.3 is 11.9 Å². The molecule has 20 heavy (non-hydrogen) atoms. The molecule has 0 aliphatic rings. The second-order valence-electron chi connectivity index (χ2n) is 3.42. The summed E-state index contributed by atoms with van der Waals surface area (Å²) >= 11 is 0. The minimum atomic E-state index is -0.887. The molecule has 0 aliphatic heterocycles. The lowest BCUT2D eigenvalue weighted by Crippen LogP contribution is -2.13. The SMILES string of the molecule is COC(=O)/C=C(/Oc1ccc(F)cc1OC)C(=O)OC. The van der Waals surface area contributed by atoms with E-state index in [2.05, 4.69) is 9.47 Å². The lowest BCUT2D eigenvalue weighted by Gasteiger charge is -2.11. The maximum atomic E-state index is 13.0.